The summed E-state index contributed by atoms with van der Waals surface area (Å²) >= 11 is 0. The Morgan fingerprint density at radius 3 is 1.71 bits per heavy atom. The number of rotatable bonds is 6. The Morgan fingerprint density at radius 2 is 1.26 bits per heavy atom. The summed E-state index contributed by atoms with van der Waals surface area (Å²) in [4.78, 5) is 0.289. The lowest BCUT2D eigenvalue weighted by Gasteiger charge is -2.33. The summed E-state index contributed by atoms with van der Waals surface area (Å²) in [5.74, 6) is 1.37. The van der Waals surface area contributed by atoms with Crippen LogP contribution < -0.4 is 10.2 Å². The summed E-state index contributed by atoms with van der Waals surface area (Å²) in [5.41, 5.74) is 4.41. The summed E-state index contributed by atoms with van der Waals surface area (Å²) in [5, 5.41) is 0.275. The van der Waals surface area contributed by atoms with Crippen LogP contribution in [0.15, 0.2) is 77.7 Å². The van der Waals surface area contributed by atoms with Gasteiger partial charge in [0.2, 0.25) is 0 Å². The van der Waals surface area contributed by atoms with Crippen LogP contribution in [0.1, 0.15) is 65.0 Å². The van der Waals surface area contributed by atoms with Gasteiger partial charge in [-0.05, 0) is 72.2 Å². The zero-order chi connectivity index (χ0) is 24.6. The van der Waals surface area contributed by atoms with Gasteiger partial charge in [0.15, 0.2) is 18.0 Å². The maximum atomic E-state index is 11.1. The van der Waals surface area contributed by atoms with Crippen LogP contribution in [-0.2, 0) is 16.1 Å². The Morgan fingerprint density at radius 1 is 0.765 bits per heavy atom. The number of hydrogen-bond acceptors (Lipinski definition) is 3. The Hall–Kier alpha value is -2.53. The minimum Gasteiger partial charge on any atom is -0.457 e. The van der Waals surface area contributed by atoms with Gasteiger partial charge in [0, 0.05) is 5.41 Å². The lowest BCUT2D eigenvalue weighted by atomic mass is 9.51. The second kappa shape index (κ2) is 9.26. The SMILES string of the molecule is CC(C)(C)Bc1ccc(C2(c3ccc(Oc4ccc([SH](=O)=O)cc4)cc3)CCC(C)(C)C2)cc1. The summed E-state index contributed by atoms with van der Waals surface area (Å²) in [6.07, 6.45) is 3.45. The molecular formula is C29H35BO3S. The minimum atomic E-state index is -2.58. The predicted octanol–water partition coefficient (Wildman–Crippen LogP) is 6.23. The van der Waals surface area contributed by atoms with E-state index in [1.807, 2.05) is 12.1 Å². The Bertz CT molecular complexity index is 1200. The average Bonchev–Trinajstić information content (AvgIpc) is 3.10. The Kier molecular flexibility index (Phi) is 6.70. The molecule has 0 amide bonds. The molecule has 0 saturated heterocycles. The molecule has 3 nitrogen and oxygen atoms in total. The van der Waals surface area contributed by atoms with Gasteiger partial charge in [-0.2, -0.15) is 0 Å². The van der Waals surface area contributed by atoms with Crippen LogP contribution in [0.2, 0.25) is 5.31 Å². The number of thiol groups is 1. The van der Waals surface area contributed by atoms with E-state index in [4.69, 9.17) is 4.74 Å². The van der Waals surface area contributed by atoms with Gasteiger partial charge in [-0.1, -0.05) is 81.8 Å². The van der Waals surface area contributed by atoms with E-state index in [0.29, 0.717) is 11.2 Å². The molecule has 1 atom stereocenters. The molecule has 0 aliphatic heterocycles. The minimum absolute atomic E-state index is 0.00334. The molecule has 1 aliphatic carbocycles. The van der Waals surface area contributed by atoms with E-state index in [9.17, 15) is 8.42 Å². The van der Waals surface area contributed by atoms with Crippen molar-refractivity contribution in [1.29, 1.82) is 0 Å². The molecule has 34 heavy (non-hydrogen) atoms. The van der Waals surface area contributed by atoms with Crippen molar-refractivity contribution < 1.29 is 13.2 Å². The molecule has 4 rings (SSSR count). The molecule has 5 heteroatoms. The van der Waals surface area contributed by atoms with Gasteiger partial charge in [-0.15, -0.1) is 0 Å². The zero-order valence-corrected chi connectivity index (χ0v) is 21.8. The van der Waals surface area contributed by atoms with Crippen molar-refractivity contribution in [2.75, 3.05) is 0 Å². The lowest BCUT2D eigenvalue weighted by molar-refractivity contribution is 0.356. The normalized spacial score (nSPS) is 19.8. The molecule has 1 saturated carbocycles. The molecule has 0 aromatic heterocycles. The van der Waals surface area contributed by atoms with Crippen molar-refractivity contribution >= 4 is 23.4 Å². The summed E-state index contributed by atoms with van der Waals surface area (Å²) in [6.45, 7) is 11.6. The lowest BCUT2D eigenvalue weighted by Crippen LogP contribution is -2.28. The third-order valence-electron chi connectivity index (χ3n) is 6.94. The molecule has 0 spiro atoms. The fourth-order valence-electron chi connectivity index (χ4n) is 5.37. The molecule has 1 fully saturated rings. The molecule has 178 valence electrons. The van der Waals surface area contributed by atoms with Crippen LogP contribution in [0.5, 0.6) is 11.5 Å². The van der Waals surface area contributed by atoms with Crippen LogP contribution in [0, 0.1) is 5.41 Å². The van der Waals surface area contributed by atoms with Crippen LogP contribution in [0.3, 0.4) is 0 Å². The van der Waals surface area contributed by atoms with E-state index in [-0.39, 0.29) is 15.6 Å². The van der Waals surface area contributed by atoms with E-state index in [0.717, 1.165) is 25.9 Å². The van der Waals surface area contributed by atoms with Crippen molar-refractivity contribution in [3.05, 3.63) is 83.9 Å². The van der Waals surface area contributed by atoms with Gasteiger partial charge in [-0.3, -0.25) is 0 Å². The topological polar surface area (TPSA) is 43.4 Å². The Balaban J connectivity index is 1.60. The van der Waals surface area contributed by atoms with E-state index >= 15 is 0 Å². The van der Waals surface area contributed by atoms with E-state index in [1.165, 1.54) is 23.0 Å². The number of benzene rings is 3. The van der Waals surface area contributed by atoms with Crippen LogP contribution in [-0.4, -0.2) is 15.7 Å². The third-order valence-corrected chi connectivity index (χ3v) is 7.66. The number of ether oxygens (including phenoxy) is 1. The maximum absolute atomic E-state index is 11.1. The molecule has 3 aromatic carbocycles. The first-order chi connectivity index (χ1) is 16.0. The van der Waals surface area contributed by atoms with E-state index in [2.05, 4.69) is 71.0 Å². The molecular weight excluding hydrogens is 439 g/mol. The van der Waals surface area contributed by atoms with Gasteiger partial charge in [0.05, 0.1) is 4.90 Å². The van der Waals surface area contributed by atoms with Gasteiger partial charge in [0.25, 0.3) is 0 Å². The smallest absolute Gasteiger partial charge is 0.168 e. The Labute approximate surface area is 206 Å². The highest BCUT2D eigenvalue weighted by Gasteiger charge is 2.45. The maximum Gasteiger partial charge on any atom is 0.168 e. The van der Waals surface area contributed by atoms with Crippen molar-refractivity contribution in [2.45, 2.75) is 69.5 Å². The van der Waals surface area contributed by atoms with Crippen molar-refractivity contribution in [2.24, 2.45) is 5.41 Å². The third kappa shape index (κ3) is 5.57. The highest BCUT2D eigenvalue weighted by atomic mass is 32.2. The second-order valence-corrected chi connectivity index (χ2v) is 12.8. The molecule has 1 unspecified atom stereocenters. The fourth-order valence-corrected chi connectivity index (χ4v) is 5.77. The highest BCUT2D eigenvalue weighted by molar-refractivity contribution is 7.72. The van der Waals surface area contributed by atoms with E-state index in [1.54, 1.807) is 24.3 Å². The van der Waals surface area contributed by atoms with Gasteiger partial charge < -0.3 is 4.74 Å². The van der Waals surface area contributed by atoms with Gasteiger partial charge in [0.1, 0.15) is 11.5 Å². The molecule has 1 aliphatic rings. The summed E-state index contributed by atoms with van der Waals surface area (Å²) in [6, 6.07) is 24.3. The first-order valence-electron chi connectivity index (χ1n) is 12.1. The second-order valence-electron chi connectivity index (χ2n) is 11.7. The zero-order valence-electron chi connectivity index (χ0n) is 20.9. The number of hydrogen-bond donors (Lipinski definition) is 1. The molecule has 0 bridgehead atoms. The van der Waals surface area contributed by atoms with Crippen LogP contribution >= 0.6 is 0 Å². The average molecular weight is 474 g/mol. The van der Waals surface area contributed by atoms with Crippen LogP contribution in [0.4, 0.5) is 0 Å². The molecule has 0 N–H and O–H groups in total. The summed E-state index contributed by atoms with van der Waals surface area (Å²) < 4.78 is 28.2. The van der Waals surface area contributed by atoms with Crippen molar-refractivity contribution in [3.8, 4) is 11.5 Å². The quantitative estimate of drug-likeness (QED) is 0.341. The highest BCUT2D eigenvalue weighted by Crippen LogP contribution is 2.54. The van der Waals surface area contributed by atoms with Gasteiger partial charge in [-0.25, -0.2) is 8.42 Å². The molecule has 3 aromatic rings. The molecule has 0 radical (unpaired) electrons. The monoisotopic (exact) mass is 474 g/mol. The first kappa shape index (κ1) is 24.6. The predicted molar refractivity (Wildman–Crippen MR) is 143 cm³/mol. The largest absolute Gasteiger partial charge is 0.457 e. The van der Waals surface area contributed by atoms with Gasteiger partial charge >= 0.3 is 0 Å². The van der Waals surface area contributed by atoms with Crippen LogP contribution in [0.25, 0.3) is 0 Å². The summed E-state index contributed by atoms with van der Waals surface area (Å²) in [7, 11) is -1.50. The molecule has 0 heterocycles. The van der Waals surface area contributed by atoms with E-state index < -0.39 is 10.7 Å². The first-order valence-corrected chi connectivity index (χ1v) is 13.3. The fraction of sp³-hybridized carbons (Fsp3) is 0.379. The van der Waals surface area contributed by atoms with Crippen molar-refractivity contribution in [3.63, 3.8) is 0 Å². The van der Waals surface area contributed by atoms with Crippen molar-refractivity contribution in [1.82, 2.24) is 0 Å². The standard InChI is InChI=1S/C29H35BO3S/c1-27(2,3)30-23-10-6-21(7-11-23)29(19-18-28(4,5)20-29)22-8-12-24(13-9-22)33-25-14-16-26(17-15-25)34(31)32/h6-17,30,34H,18-20H2,1-5H3.